The molecular weight excluding hydrogens is 286 g/mol. The van der Waals surface area contributed by atoms with Gasteiger partial charge in [-0.25, -0.2) is 13.6 Å². The van der Waals surface area contributed by atoms with E-state index in [9.17, 15) is 13.6 Å². The van der Waals surface area contributed by atoms with E-state index in [1.807, 2.05) is 0 Å². The fraction of sp³-hybridized carbons (Fsp3) is 0.462. The molecule has 0 fully saturated rings. The van der Waals surface area contributed by atoms with Gasteiger partial charge in [0.2, 0.25) is 6.79 Å². The number of amides is 2. The van der Waals surface area contributed by atoms with Gasteiger partial charge in [0, 0.05) is 13.1 Å². The van der Waals surface area contributed by atoms with E-state index >= 15 is 0 Å². The summed E-state index contributed by atoms with van der Waals surface area (Å²) in [5.41, 5.74) is 0. The molecule has 0 bridgehead atoms. The van der Waals surface area contributed by atoms with Crippen molar-refractivity contribution in [1.82, 2.24) is 10.2 Å². The number of benzene rings is 1. The molecule has 1 N–H and O–H groups in total. The van der Waals surface area contributed by atoms with E-state index in [2.05, 4.69) is 5.32 Å². The molecule has 0 saturated carbocycles. The second-order valence-electron chi connectivity index (χ2n) is 4.37. The molecule has 116 valence electrons. The maximum Gasteiger partial charge on any atom is 0.317 e. The highest BCUT2D eigenvalue weighted by Gasteiger charge is 2.14. The number of carbonyl (C=O) groups excluding carboxylic acids is 1. The lowest BCUT2D eigenvalue weighted by molar-refractivity contribution is 0.107. The van der Waals surface area contributed by atoms with Crippen LogP contribution >= 0.6 is 0 Å². The van der Waals surface area contributed by atoms with Gasteiger partial charge in [0.25, 0.3) is 6.43 Å². The number of nitrogens with zero attached hydrogens (tertiary/aromatic N) is 1. The zero-order valence-electron chi connectivity index (χ0n) is 11.5. The minimum Gasteiger partial charge on any atom is -0.492 e. The Bertz CT molecular complexity index is 499. The molecule has 1 aliphatic rings. The van der Waals surface area contributed by atoms with Gasteiger partial charge in [-0.05, 0) is 12.1 Å². The first-order valence-electron chi connectivity index (χ1n) is 6.36. The van der Waals surface area contributed by atoms with Crippen molar-refractivity contribution < 1.29 is 27.8 Å². The van der Waals surface area contributed by atoms with Crippen LogP contribution in [0.3, 0.4) is 0 Å². The van der Waals surface area contributed by atoms with E-state index in [0.717, 1.165) is 4.90 Å². The fourth-order valence-electron chi connectivity index (χ4n) is 1.72. The highest BCUT2D eigenvalue weighted by molar-refractivity contribution is 5.73. The molecule has 0 radical (unpaired) electrons. The maximum atomic E-state index is 12.1. The van der Waals surface area contributed by atoms with Crippen molar-refractivity contribution in [1.29, 1.82) is 0 Å². The molecule has 0 aromatic heterocycles. The van der Waals surface area contributed by atoms with Crippen molar-refractivity contribution in [2.45, 2.75) is 6.43 Å². The Morgan fingerprint density at radius 1 is 1.43 bits per heavy atom. The van der Waals surface area contributed by atoms with E-state index in [1.165, 1.54) is 7.05 Å². The van der Waals surface area contributed by atoms with Crippen LogP contribution in [-0.2, 0) is 0 Å². The number of nitrogens with one attached hydrogen (secondary N) is 1. The fourth-order valence-corrected chi connectivity index (χ4v) is 1.72. The van der Waals surface area contributed by atoms with Crippen LogP contribution in [0, 0.1) is 0 Å². The van der Waals surface area contributed by atoms with Gasteiger partial charge in [-0.3, -0.25) is 0 Å². The Balaban J connectivity index is 1.69. The summed E-state index contributed by atoms with van der Waals surface area (Å²) in [5, 5.41) is 2.48. The quantitative estimate of drug-likeness (QED) is 0.813. The van der Waals surface area contributed by atoms with Gasteiger partial charge in [0.1, 0.15) is 12.4 Å². The lowest BCUT2D eigenvalue weighted by Crippen LogP contribution is -2.41. The second-order valence-corrected chi connectivity index (χ2v) is 4.37. The Morgan fingerprint density at radius 3 is 2.95 bits per heavy atom. The van der Waals surface area contributed by atoms with Crippen LogP contribution in [0.1, 0.15) is 0 Å². The number of hydrogen-bond acceptors (Lipinski definition) is 4. The zero-order valence-corrected chi connectivity index (χ0v) is 11.5. The molecule has 0 unspecified atom stereocenters. The molecule has 0 saturated heterocycles. The average molecular weight is 302 g/mol. The van der Waals surface area contributed by atoms with Crippen molar-refractivity contribution in [3.8, 4) is 17.2 Å². The highest BCUT2D eigenvalue weighted by Crippen LogP contribution is 2.34. The van der Waals surface area contributed by atoms with E-state index in [4.69, 9.17) is 14.2 Å². The van der Waals surface area contributed by atoms with Gasteiger partial charge in [0.15, 0.2) is 11.5 Å². The van der Waals surface area contributed by atoms with E-state index in [0.29, 0.717) is 17.2 Å². The molecule has 8 heteroatoms. The molecule has 2 amide bonds. The molecule has 1 heterocycles. The molecule has 21 heavy (non-hydrogen) atoms. The SMILES string of the molecule is CN(CC(F)F)C(=O)NCCOc1ccc2c(c1)OCO2. The number of carbonyl (C=O) groups is 1. The standard InChI is InChI=1S/C13H16F2N2O4/c1-17(7-12(14)15)13(18)16-4-5-19-9-2-3-10-11(6-9)21-8-20-10/h2-3,6,12H,4-5,7-8H2,1H3,(H,16,18). The molecule has 1 aromatic rings. The van der Waals surface area contributed by atoms with Crippen molar-refractivity contribution >= 4 is 6.03 Å². The molecule has 6 nitrogen and oxygen atoms in total. The summed E-state index contributed by atoms with van der Waals surface area (Å²) in [6.07, 6.45) is -2.55. The zero-order chi connectivity index (χ0) is 15.2. The van der Waals surface area contributed by atoms with Gasteiger partial charge in [0.05, 0.1) is 13.1 Å². The third-order valence-electron chi connectivity index (χ3n) is 2.75. The lowest BCUT2D eigenvalue weighted by atomic mass is 10.3. The summed E-state index contributed by atoms with van der Waals surface area (Å²) in [7, 11) is 1.31. The van der Waals surface area contributed by atoms with Crippen LogP contribution in [0.4, 0.5) is 13.6 Å². The molecular formula is C13H16F2N2O4. The minimum atomic E-state index is -2.55. The Hall–Kier alpha value is -2.25. The largest absolute Gasteiger partial charge is 0.492 e. The first kappa shape index (κ1) is 15.1. The maximum absolute atomic E-state index is 12.1. The molecule has 2 rings (SSSR count). The minimum absolute atomic E-state index is 0.186. The molecule has 0 aliphatic carbocycles. The predicted molar refractivity (Wildman–Crippen MR) is 70.1 cm³/mol. The monoisotopic (exact) mass is 302 g/mol. The van der Waals surface area contributed by atoms with Gasteiger partial charge in [-0.1, -0.05) is 0 Å². The number of rotatable bonds is 6. The first-order chi connectivity index (χ1) is 10.1. The predicted octanol–water partition coefficient (Wildman–Crippen LogP) is 1.70. The third-order valence-corrected chi connectivity index (χ3v) is 2.75. The van der Waals surface area contributed by atoms with Crippen LogP contribution in [-0.4, -0.2) is 50.9 Å². The molecule has 0 atom stereocenters. The number of ether oxygens (including phenoxy) is 3. The summed E-state index contributed by atoms with van der Waals surface area (Å²) in [5.74, 6) is 1.84. The second kappa shape index (κ2) is 6.96. The van der Waals surface area contributed by atoms with Crippen LogP contribution in [0.5, 0.6) is 17.2 Å². The van der Waals surface area contributed by atoms with E-state index in [-0.39, 0.29) is 19.9 Å². The number of fused-ring (bicyclic) bond motifs is 1. The normalized spacial score (nSPS) is 12.4. The first-order valence-corrected chi connectivity index (χ1v) is 6.36. The average Bonchev–Trinajstić information content (AvgIpc) is 2.90. The van der Waals surface area contributed by atoms with Gasteiger partial charge < -0.3 is 24.4 Å². The number of urea groups is 1. The van der Waals surface area contributed by atoms with Crippen LogP contribution in [0.25, 0.3) is 0 Å². The van der Waals surface area contributed by atoms with Gasteiger partial charge >= 0.3 is 6.03 Å². The summed E-state index contributed by atoms with van der Waals surface area (Å²) in [6.45, 7) is 0.00885. The van der Waals surface area contributed by atoms with Crippen LogP contribution < -0.4 is 19.5 Å². The van der Waals surface area contributed by atoms with Gasteiger partial charge in [-0.15, -0.1) is 0 Å². The summed E-state index contributed by atoms with van der Waals surface area (Å²) >= 11 is 0. The Kier molecular flexibility index (Phi) is 5.02. The summed E-state index contributed by atoms with van der Waals surface area (Å²) < 4.78 is 40.0. The van der Waals surface area contributed by atoms with E-state index in [1.54, 1.807) is 18.2 Å². The van der Waals surface area contributed by atoms with Crippen LogP contribution in [0.2, 0.25) is 0 Å². The van der Waals surface area contributed by atoms with Crippen molar-refractivity contribution in [3.63, 3.8) is 0 Å². The Labute approximate surface area is 120 Å². The number of halogens is 2. The van der Waals surface area contributed by atoms with Crippen molar-refractivity contribution in [2.24, 2.45) is 0 Å². The lowest BCUT2D eigenvalue weighted by Gasteiger charge is -2.17. The van der Waals surface area contributed by atoms with Gasteiger partial charge in [-0.2, -0.15) is 0 Å². The van der Waals surface area contributed by atoms with Crippen molar-refractivity contribution in [2.75, 3.05) is 33.5 Å². The number of alkyl halides is 2. The third kappa shape index (κ3) is 4.37. The molecule has 0 spiro atoms. The molecule has 1 aromatic carbocycles. The van der Waals surface area contributed by atoms with Crippen LogP contribution in [0.15, 0.2) is 18.2 Å². The Morgan fingerprint density at radius 2 is 2.19 bits per heavy atom. The topological polar surface area (TPSA) is 60.0 Å². The number of hydrogen-bond donors (Lipinski definition) is 1. The summed E-state index contributed by atoms with van der Waals surface area (Å²) in [4.78, 5) is 12.4. The molecule has 1 aliphatic heterocycles. The smallest absolute Gasteiger partial charge is 0.317 e. The highest BCUT2D eigenvalue weighted by atomic mass is 19.3. The van der Waals surface area contributed by atoms with E-state index < -0.39 is 19.0 Å². The van der Waals surface area contributed by atoms with Crippen molar-refractivity contribution in [3.05, 3.63) is 18.2 Å². The summed E-state index contributed by atoms with van der Waals surface area (Å²) in [6, 6.07) is 4.57.